The Morgan fingerprint density at radius 2 is 1.85 bits per heavy atom. The second-order valence-electron chi connectivity index (χ2n) is 8.23. The number of nitrogens with zero attached hydrogens (tertiary/aromatic N) is 2. The Kier molecular flexibility index (Phi) is 7.60. The molecule has 0 bridgehead atoms. The van der Waals surface area contributed by atoms with Crippen LogP contribution in [0.1, 0.15) is 34.9 Å². The van der Waals surface area contributed by atoms with Crippen molar-refractivity contribution in [1.82, 2.24) is 9.55 Å². The summed E-state index contributed by atoms with van der Waals surface area (Å²) in [6.45, 7) is 8.22. The van der Waals surface area contributed by atoms with E-state index in [9.17, 15) is 9.59 Å². The van der Waals surface area contributed by atoms with Gasteiger partial charge in [0.1, 0.15) is 4.83 Å². The summed E-state index contributed by atoms with van der Waals surface area (Å²) < 4.78 is 2.60. The quantitative estimate of drug-likeness (QED) is 0.201. The molecule has 0 fully saturated rings. The van der Waals surface area contributed by atoms with Crippen molar-refractivity contribution in [2.45, 2.75) is 45.7 Å². The molecule has 4 aromatic rings. The molecule has 1 N–H and O–H groups in total. The molecule has 0 saturated heterocycles. The molecule has 1 amide bonds. The summed E-state index contributed by atoms with van der Waals surface area (Å²) in [7, 11) is 0. The van der Waals surface area contributed by atoms with Crippen LogP contribution in [0.25, 0.3) is 15.9 Å². The van der Waals surface area contributed by atoms with Gasteiger partial charge in [-0.05, 0) is 80.3 Å². The minimum Gasteiger partial charge on any atom is -0.325 e. The van der Waals surface area contributed by atoms with Gasteiger partial charge in [0.15, 0.2) is 5.16 Å². The summed E-state index contributed by atoms with van der Waals surface area (Å²) in [5.41, 5.74) is 4.68. The summed E-state index contributed by atoms with van der Waals surface area (Å²) in [6.07, 6.45) is 1.94. The molecule has 34 heavy (non-hydrogen) atoms. The summed E-state index contributed by atoms with van der Waals surface area (Å²) in [6, 6.07) is 13.4. The number of benzene rings is 2. The first-order valence-electron chi connectivity index (χ1n) is 11.1. The Hall–Kier alpha value is -2.42. The number of thiophene rings is 1. The van der Waals surface area contributed by atoms with Crippen molar-refractivity contribution in [2.75, 3.05) is 11.1 Å². The number of rotatable bonds is 7. The fourth-order valence-electron chi connectivity index (χ4n) is 3.73. The van der Waals surface area contributed by atoms with Gasteiger partial charge in [0.05, 0.1) is 16.8 Å². The van der Waals surface area contributed by atoms with Crippen LogP contribution < -0.4 is 10.9 Å². The second kappa shape index (κ2) is 10.5. The standard InChI is InChI=1S/C26H26BrN3O2S2/c1-5-6-21-17(4)23-24(34-21)29-26(30(25(23)32)20-12-7-15(2)16(3)13-20)33-14-22(31)28-19-10-8-18(27)9-11-19/h7-13H,5-6,14H2,1-4H3,(H,28,31). The van der Waals surface area contributed by atoms with Crippen LogP contribution in [-0.2, 0) is 11.2 Å². The number of hydrogen-bond acceptors (Lipinski definition) is 5. The number of hydrogen-bond donors (Lipinski definition) is 1. The molecule has 8 heteroatoms. The molecule has 176 valence electrons. The van der Waals surface area contributed by atoms with E-state index in [1.165, 1.54) is 16.6 Å². The molecule has 0 spiro atoms. The Morgan fingerprint density at radius 1 is 1.12 bits per heavy atom. The van der Waals surface area contributed by atoms with Crippen molar-refractivity contribution in [3.63, 3.8) is 0 Å². The maximum atomic E-state index is 13.8. The van der Waals surface area contributed by atoms with Crippen molar-refractivity contribution in [1.29, 1.82) is 0 Å². The van der Waals surface area contributed by atoms with Gasteiger partial charge >= 0.3 is 0 Å². The average molecular weight is 557 g/mol. The fourth-order valence-corrected chi connectivity index (χ4v) is 6.12. The molecule has 2 heterocycles. The van der Waals surface area contributed by atoms with Gasteiger partial charge < -0.3 is 5.32 Å². The van der Waals surface area contributed by atoms with Crippen LogP contribution in [0.4, 0.5) is 5.69 Å². The largest absolute Gasteiger partial charge is 0.325 e. The lowest BCUT2D eigenvalue weighted by Crippen LogP contribution is -2.23. The van der Waals surface area contributed by atoms with Gasteiger partial charge in [0, 0.05) is 15.0 Å². The minimum absolute atomic E-state index is 0.0832. The molecule has 0 atom stereocenters. The van der Waals surface area contributed by atoms with E-state index in [1.54, 1.807) is 15.9 Å². The third-order valence-corrected chi connectivity index (χ3v) is 8.43. The number of nitrogens with one attached hydrogen (secondary N) is 1. The zero-order valence-corrected chi connectivity index (χ0v) is 22.8. The highest BCUT2D eigenvalue weighted by atomic mass is 79.9. The number of aromatic nitrogens is 2. The van der Waals surface area contributed by atoms with Crippen LogP contribution in [0.15, 0.2) is 56.9 Å². The van der Waals surface area contributed by atoms with Gasteiger partial charge in [0.2, 0.25) is 5.91 Å². The van der Waals surface area contributed by atoms with Crippen molar-refractivity contribution in [2.24, 2.45) is 0 Å². The van der Waals surface area contributed by atoms with E-state index in [-0.39, 0.29) is 17.2 Å². The smallest absolute Gasteiger partial charge is 0.267 e. The Balaban J connectivity index is 1.74. The lowest BCUT2D eigenvalue weighted by atomic mass is 10.1. The number of halogens is 1. The van der Waals surface area contributed by atoms with Gasteiger partial charge in [0.25, 0.3) is 5.56 Å². The molecule has 0 unspecified atom stereocenters. The molecule has 0 aliphatic rings. The van der Waals surface area contributed by atoms with E-state index in [0.717, 1.165) is 50.2 Å². The lowest BCUT2D eigenvalue weighted by Gasteiger charge is -2.14. The van der Waals surface area contributed by atoms with Gasteiger partial charge in [-0.1, -0.05) is 47.1 Å². The predicted molar refractivity (Wildman–Crippen MR) is 147 cm³/mol. The Morgan fingerprint density at radius 3 is 2.53 bits per heavy atom. The zero-order chi connectivity index (χ0) is 24.4. The average Bonchev–Trinajstić information content (AvgIpc) is 3.11. The first-order chi connectivity index (χ1) is 16.3. The van der Waals surface area contributed by atoms with Gasteiger partial charge in [-0.3, -0.25) is 14.2 Å². The second-order valence-corrected chi connectivity index (χ2v) is 11.2. The molecule has 0 saturated carbocycles. The first-order valence-corrected chi connectivity index (χ1v) is 13.7. The summed E-state index contributed by atoms with van der Waals surface area (Å²) in [5, 5.41) is 4.10. The summed E-state index contributed by atoms with van der Waals surface area (Å²) in [4.78, 5) is 33.2. The topological polar surface area (TPSA) is 64.0 Å². The van der Waals surface area contributed by atoms with Crippen LogP contribution in [-0.4, -0.2) is 21.2 Å². The number of fused-ring (bicyclic) bond motifs is 1. The van der Waals surface area contributed by atoms with Crippen LogP contribution in [0, 0.1) is 20.8 Å². The van der Waals surface area contributed by atoms with Crippen LogP contribution >= 0.6 is 39.0 Å². The Bertz CT molecular complexity index is 1420. The molecule has 0 aliphatic heterocycles. The molecule has 4 rings (SSSR count). The SMILES string of the molecule is CCCc1sc2nc(SCC(=O)Nc3ccc(Br)cc3)n(-c3ccc(C)c(C)c3)c(=O)c2c1C. The van der Waals surface area contributed by atoms with Crippen molar-refractivity contribution >= 4 is 60.8 Å². The lowest BCUT2D eigenvalue weighted by molar-refractivity contribution is -0.113. The molecule has 0 aliphatic carbocycles. The van der Waals surface area contributed by atoms with Gasteiger partial charge in [-0.2, -0.15) is 0 Å². The normalized spacial score (nSPS) is 11.2. The fraction of sp³-hybridized carbons (Fsp3) is 0.269. The van der Waals surface area contributed by atoms with Gasteiger partial charge in [-0.25, -0.2) is 4.98 Å². The van der Waals surface area contributed by atoms with Crippen molar-refractivity contribution in [3.8, 4) is 5.69 Å². The van der Waals surface area contributed by atoms with Crippen LogP contribution in [0.3, 0.4) is 0 Å². The van der Waals surface area contributed by atoms with Crippen molar-refractivity contribution < 1.29 is 4.79 Å². The van der Waals surface area contributed by atoms with E-state index in [0.29, 0.717) is 10.5 Å². The zero-order valence-electron chi connectivity index (χ0n) is 19.6. The van der Waals surface area contributed by atoms with Crippen LogP contribution in [0.2, 0.25) is 0 Å². The first kappa shape index (κ1) is 24.7. The van der Waals surface area contributed by atoms with E-state index in [4.69, 9.17) is 4.98 Å². The molecule has 2 aromatic carbocycles. The number of amides is 1. The number of aryl methyl sites for hydroxylation is 4. The molecule has 2 aromatic heterocycles. The van der Waals surface area contributed by atoms with E-state index >= 15 is 0 Å². The Labute approximate surface area is 215 Å². The third-order valence-electron chi connectivity index (χ3n) is 5.72. The highest BCUT2D eigenvalue weighted by Crippen LogP contribution is 2.31. The number of carbonyl (C=O) groups is 1. The summed E-state index contributed by atoms with van der Waals surface area (Å²) in [5.74, 6) is -0.00674. The molecule has 0 radical (unpaired) electrons. The highest BCUT2D eigenvalue weighted by Gasteiger charge is 2.20. The van der Waals surface area contributed by atoms with E-state index in [1.807, 2.05) is 63.2 Å². The maximum absolute atomic E-state index is 13.8. The summed E-state index contributed by atoms with van der Waals surface area (Å²) >= 11 is 6.26. The van der Waals surface area contributed by atoms with Crippen molar-refractivity contribution in [3.05, 3.63) is 78.9 Å². The molecular formula is C26H26BrN3O2S2. The monoisotopic (exact) mass is 555 g/mol. The molecular weight excluding hydrogens is 530 g/mol. The number of thioether (sulfide) groups is 1. The minimum atomic E-state index is -0.151. The predicted octanol–water partition coefficient (Wildman–Crippen LogP) is 6.82. The number of anilines is 1. The number of carbonyl (C=O) groups excluding carboxylic acids is 1. The third kappa shape index (κ3) is 5.14. The van der Waals surface area contributed by atoms with Crippen LogP contribution in [0.5, 0.6) is 0 Å². The highest BCUT2D eigenvalue weighted by molar-refractivity contribution is 9.10. The maximum Gasteiger partial charge on any atom is 0.267 e. The van der Waals surface area contributed by atoms with Gasteiger partial charge in [-0.15, -0.1) is 11.3 Å². The molecule has 5 nitrogen and oxygen atoms in total. The van der Waals surface area contributed by atoms with E-state index < -0.39 is 0 Å². The van der Waals surface area contributed by atoms with E-state index in [2.05, 4.69) is 28.2 Å².